The lowest BCUT2D eigenvalue weighted by Gasteiger charge is -2.37. The third kappa shape index (κ3) is 2.68. The van der Waals surface area contributed by atoms with Gasteiger partial charge < -0.3 is 10.0 Å². The summed E-state index contributed by atoms with van der Waals surface area (Å²) in [5, 5.41) is 14.8. The molecule has 3 aromatic rings. The Kier molecular flexibility index (Phi) is 3.99. The van der Waals surface area contributed by atoms with Crippen molar-refractivity contribution in [2.24, 2.45) is 0 Å². The molecule has 0 saturated carbocycles. The summed E-state index contributed by atoms with van der Waals surface area (Å²) in [5.41, 5.74) is 2.44. The fraction of sp³-hybridized carbons (Fsp3) is 0.412. The fourth-order valence-electron chi connectivity index (χ4n) is 3.23. The van der Waals surface area contributed by atoms with Crippen LogP contribution in [0.4, 0.5) is 0 Å². The van der Waals surface area contributed by atoms with Gasteiger partial charge in [0.15, 0.2) is 0 Å². The molecule has 1 N–H and O–H groups in total. The van der Waals surface area contributed by atoms with Crippen LogP contribution in [0.3, 0.4) is 0 Å². The number of benzene rings is 1. The number of aromatic hydroxyl groups is 1. The number of hydrogen-bond acceptors (Lipinski definition) is 6. The first kappa shape index (κ1) is 15.6. The quantitative estimate of drug-likeness (QED) is 0.790. The van der Waals surface area contributed by atoms with Crippen LogP contribution < -0.4 is 0 Å². The number of fused-ring (bicyclic) bond motifs is 1. The van der Waals surface area contributed by atoms with Crippen molar-refractivity contribution in [1.82, 2.24) is 24.4 Å². The van der Waals surface area contributed by atoms with Crippen molar-refractivity contribution in [3.63, 3.8) is 0 Å². The molecule has 0 bridgehead atoms. The van der Waals surface area contributed by atoms with E-state index in [1.807, 2.05) is 0 Å². The molecule has 0 aliphatic carbocycles. The molecule has 1 fully saturated rings. The van der Waals surface area contributed by atoms with Crippen LogP contribution in [0, 0.1) is 6.92 Å². The van der Waals surface area contributed by atoms with Crippen LogP contribution in [-0.4, -0.2) is 62.7 Å². The molecule has 1 aliphatic rings. The monoisotopic (exact) mass is 343 g/mol. The number of likely N-dealkylation sites (N-methyl/N-ethyl adjacent to an activating group) is 1. The van der Waals surface area contributed by atoms with Crippen LogP contribution >= 0.6 is 11.3 Å². The van der Waals surface area contributed by atoms with Crippen LogP contribution in [0.5, 0.6) is 5.88 Å². The van der Waals surface area contributed by atoms with E-state index in [1.165, 1.54) is 33.3 Å². The van der Waals surface area contributed by atoms with Crippen molar-refractivity contribution in [3.8, 4) is 5.88 Å². The van der Waals surface area contributed by atoms with Gasteiger partial charge in [-0.2, -0.15) is 9.61 Å². The van der Waals surface area contributed by atoms with Crippen molar-refractivity contribution in [1.29, 1.82) is 0 Å². The van der Waals surface area contributed by atoms with Gasteiger partial charge in [0.25, 0.3) is 0 Å². The Morgan fingerprint density at radius 1 is 1.12 bits per heavy atom. The van der Waals surface area contributed by atoms with Crippen molar-refractivity contribution in [3.05, 3.63) is 46.6 Å². The molecule has 1 aliphatic heterocycles. The zero-order valence-corrected chi connectivity index (χ0v) is 14.7. The van der Waals surface area contributed by atoms with E-state index < -0.39 is 0 Å². The van der Waals surface area contributed by atoms with Crippen molar-refractivity contribution in [2.75, 3.05) is 33.2 Å². The maximum atomic E-state index is 10.7. The summed E-state index contributed by atoms with van der Waals surface area (Å²) in [4.78, 5) is 10.7. The van der Waals surface area contributed by atoms with Gasteiger partial charge in [-0.1, -0.05) is 41.2 Å². The van der Waals surface area contributed by atoms with Gasteiger partial charge in [-0.05, 0) is 19.5 Å². The van der Waals surface area contributed by atoms with Gasteiger partial charge in [0, 0.05) is 26.2 Å². The summed E-state index contributed by atoms with van der Waals surface area (Å²) < 4.78 is 1.53. The zero-order valence-electron chi connectivity index (χ0n) is 13.9. The molecule has 1 aromatic carbocycles. The second-order valence-electron chi connectivity index (χ2n) is 6.40. The lowest BCUT2D eigenvalue weighted by Crippen LogP contribution is -2.46. The standard InChI is InChI=1S/C17H21N5OS/c1-12-3-5-13(6-4-12)14(21-9-7-20(2)8-10-21)15-16(23)22-17(24-15)18-11-19-22/h3-6,11,14,23H,7-10H2,1-2H3. The Labute approximate surface area is 145 Å². The highest BCUT2D eigenvalue weighted by Gasteiger charge is 2.30. The van der Waals surface area contributed by atoms with Crippen LogP contribution in [0.2, 0.25) is 0 Å². The normalized spacial score (nSPS) is 18.2. The Morgan fingerprint density at radius 3 is 2.50 bits per heavy atom. The molecule has 3 heterocycles. The average Bonchev–Trinajstić information content (AvgIpc) is 3.15. The predicted molar refractivity (Wildman–Crippen MR) is 94.6 cm³/mol. The highest BCUT2D eigenvalue weighted by molar-refractivity contribution is 7.17. The van der Waals surface area contributed by atoms with E-state index in [1.54, 1.807) is 0 Å². The summed E-state index contributed by atoms with van der Waals surface area (Å²) in [7, 11) is 2.15. The third-order valence-electron chi connectivity index (χ3n) is 4.68. The number of nitrogens with zero attached hydrogens (tertiary/aromatic N) is 5. The van der Waals surface area contributed by atoms with Gasteiger partial charge in [-0.3, -0.25) is 4.90 Å². The van der Waals surface area contributed by atoms with Crippen LogP contribution in [-0.2, 0) is 0 Å². The largest absolute Gasteiger partial charge is 0.492 e. The van der Waals surface area contributed by atoms with Gasteiger partial charge in [0.1, 0.15) is 6.33 Å². The highest BCUT2D eigenvalue weighted by atomic mass is 32.1. The van der Waals surface area contributed by atoms with Gasteiger partial charge in [-0.15, -0.1) is 0 Å². The average molecular weight is 343 g/mol. The minimum absolute atomic E-state index is 0.0350. The van der Waals surface area contributed by atoms with E-state index in [9.17, 15) is 5.11 Å². The summed E-state index contributed by atoms with van der Waals surface area (Å²) in [5.74, 6) is 0.206. The molecule has 1 atom stereocenters. The lowest BCUT2D eigenvalue weighted by atomic mass is 10.0. The Balaban J connectivity index is 1.78. The Morgan fingerprint density at radius 2 is 1.83 bits per heavy atom. The maximum Gasteiger partial charge on any atom is 0.230 e. The smallest absolute Gasteiger partial charge is 0.230 e. The van der Waals surface area contributed by atoms with E-state index in [2.05, 4.69) is 58.1 Å². The number of aromatic nitrogens is 3. The lowest BCUT2D eigenvalue weighted by molar-refractivity contribution is 0.127. The minimum atomic E-state index is 0.0350. The molecule has 0 amide bonds. The fourth-order valence-corrected chi connectivity index (χ4v) is 4.32. The number of aryl methyl sites for hydroxylation is 1. The van der Waals surface area contributed by atoms with Crippen LogP contribution in [0.15, 0.2) is 30.6 Å². The first-order valence-corrected chi connectivity index (χ1v) is 8.95. The SMILES string of the molecule is Cc1ccc(C(c2sc3ncnn3c2O)N2CCN(C)CC2)cc1. The van der Waals surface area contributed by atoms with E-state index >= 15 is 0 Å². The minimum Gasteiger partial charge on any atom is -0.492 e. The first-order chi connectivity index (χ1) is 11.6. The molecule has 1 unspecified atom stereocenters. The second kappa shape index (κ2) is 6.16. The molecule has 1 saturated heterocycles. The molecule has 2 aromatic heterocycles. The zero-order chi connectivity index (χ0) is 16.7. The third-order valence-corrected chi connectivity index (χ3v) is 5.77. The molecular weight excluding hydrogens is 322 g/mol. The van der Waals surface area contributed by atoms with E-state index in [0.717, 1.165) is 36.0 Å². The molecule has 126 valence electrons. The molecular formula is C17H21N5OS. The van der Waals surface area contributed by atoms with Crippen molar-refractivity contribution < 1.29 is 5.11 Å². The van der Waals surface area contributed by atoms with Gasteiger partial charge in [0.2, 0.25) is 10.8 Å². The summed E-state index contributed by atoms with van der Waals surface area (Å²) in [6.45, 7) is 6.10. The van der Waals surface area contributed by atoms with Gasteiger partial charge >= 0.3 is 0 Å². The number of rotatable bonds is 3. The maximum absolute atomic E-state index is 10.7. The van der Waals surface area contributed by atoms with E-state index in [-0.39, 0.29) is 11.9 Å². The second-order valence-corrected chi connectivity index (χ2v) is 7.41. The molecule has 0 spiro atoms. The summed E-state index contributed by atoms with van der Waals surface area (Å²) in [6.07, 6.45) is 1.48. The van der Waals surface area contributed by atoms with Gasteiger partial charge in [-0.25, -0.2) is 4.98 Å². The topological polar surface area (TPSA) is 56.9 Å². The molecule has 4 rings (SSSR count). The molecule has 6 nitrogen and oxygen atoms in total. The summed E-state index contributed by atoms with van der Waals surface area (Å²) >= 11 is 1.52. The molecule has 24 heavy (non-hydrogen) atoms. The van der Waals surface area contributed by atoms with E-state index in [0.29, 0.717) is 0 Å². The van der Waals surface area contributed by atoms with Crippen LogP contribution in [0.1, 0.15) is 22.0 Å². The predicted octanol–water partition coefficient (Wildman–Crippen LogP) is 2.14. The summed E-state index contributed by atoms with van der Waals surface area (Å²) in [6, 6.07) is 8.62. The van der Waals surface area contributed by atoms with Crippen molar-refractivity contribution in [2.45, 2.75) is 13.0 Å². The van der Waals surface area contributed by atoms with E-state index in [4.69, 9.17) is 0 Å². The van der Waals surface area contributed by atoms with Crippen LogP contribution in [0.25, 0.3) is 4.96 Å². The Hall–Kier alpha value is -1.96. The Bertz CT molecular complexity index is 832. The molecule has 0 radical (unpaired) electrons. The highest BCUT2D eigenvalue weighted by Crippen LogP contribution is 2.39. The molecule has 7 heteroatoms. The first-order valence-electron chi connectivity index (χ1n) is 8.14. The number of thiazole rings is 1. The van der Waals surface area contributed by atoms with Gasteiger partial charge in [0.05, 0.1) is 10.9 Å². The number of hydrogen-bond donors (Lipinski definition) is 1. The van der Waals surface area contributed by atoms with Crippen molar-refractivity contribution >= 4 is 16.3 Å². The number of piperazine rings is 1.